The number of benzene rings is 1. The Morgan fingerprint density at radius 2 is 1.88 bits per heavy atom. The van der Waals surface area contributed by atoms with Crippen LogP contribution in [0.4, 0.5) is 4.39 Å². The van der Waals surface area contributed by atoms with Gasteiger partial charge in [0, 0.05) is 18.0 Å². The topological polar surface area (TPSA) is 80.0 Å². The summed E-state index contributed by atoms with van der Waals surface area (Å²) in [5.41, 5.74) is 0.380. The van der Waals surface area contributed by atoms with Crippen LogP contribution in [0.2, 0.25) is 0 Å². The van der Waals surface area contributed by atoms with Gasteiger partial charge in [-0.25, -0.2) is 4.39 Å². The van der Waals surface area contributed by atoms with Gasteiger partial charge in [-0.05, 0) is 44.2 Å². The van der Waals surface area contributed by atoms with Gasteiger partial charge in [-0.2, -0.15) is 4.98 Å². The molecule has 0 radical (unpaired) electrons. The average molecular weight is 371 g/mol. The van der Waals surface area contributed by atoms with Crippen LogP contribution in [0.1, 0.15) is 48.9 Å². The number of carbonyl (C=O) groups is 1. The van der Waals surface area contributed by atoms with Crippen LogP contribution in [0.5, 0.6) is 0 Å². The lowest BCUT2D eigenvalue weighted by Gasteiger charge is -2.18. The molecule has 2 aromatic rings. The van der Waals surface area contributed by atoms with E-state index >= 15 is 0 Å². The SMILES string of the molecule is CNC(C)Cc1noc(C(NC(=O)c2ccc(F)cc2)C(C)C)n1.Cl. The first-order valence-corrected chi connectivity index (χ1v) is 7.97. The van der Waals surface area contributed by atoms with Gasteiger partial charge >= 0.3 is 0 Å². The number of nitrogens with zero attached hydrogens (tertiary/aromatic N) is 2. The Hall–Kier alpha value is -1.99. The molecule has 0 saturated carbocycles. The summed E-state index contributed by atoms with van der Waals surface area (Å²) in [5, 5.41) is 9.96. The molecular formula is C17H24ClFN4O2. The minimum Gasteiger partial charge on any atom is -0.340 e. The summed E-state index contributed by atoms with van der Waals surface area (Å²) >= 11 is 0. The molecule has 25 heavy (non-hydrogen) atoms. The van der Waals surface area contributed by atoms with Gasteiger partial charge in [0.05, 0.1) is 0 Å². The predicted molar refractivity (Wildman–Crippen MR) is 95.2 cm³/mol. The monoisotopic (exact) mass is 370 g/mol. The number of carbonyl (C=O) groups excluding carboxylic acids is 1. The van der Waals surface area contributed by atoms with Crippen molar-refractivity contribution in [3.63, 3.8) is 0 Å². The molecule has 2 atom stereocenters. The maximum atomic E-state index is 13.0. The minimum atomic E-state index is -0.409. The highest BCUT2D eigenvalue weighted by Gasteiger charge is 2.25. The Balaban J connectivity index is 0.00000312. The lowest BCUT2D eigenvalue weighted by molar-refractivity contribution is 0.0914. The summed E-state index contributed by atoms with van der Waals surface area (Å²) < 4.78 is 18.3. The van der Waals surface area contributed by atoms with E-state index < -0.39 is 6.04 Å². The van der Waals surface area contributed by atoms with Gasteiger partial charge in [0.25, 0.3) is 5.91 Å². The number of hydrogen-bond acceptors (Lipinski definition) is 5. The van der Waals surface area contributed by atoms with Crippen molar-refractivity contribution in [2.24, 2.45) is 5.92 Å². The Morgan fingerprint density at radius 1 is 1.24 bits per heavy atom. The maximum absolute atomic E-state index is 13.0. The summed E-state index contributed by atoms with van der Waals surface area (Å²) in [6, 6.07) is 5.20. The van der Waals surface area contributed by atoms with Gasteiger partial charge in [-0.1, -0.05) is 19.0 Å². The van der Waals surface area contributed by atoms with E-state index in [0.29, 0.717) is 23.7 Å². The smallest absolute Gasteiger partial charge is 0.251 e. The second-order valence-electron chi connectivity index (χ2n) is 6.14. The molecule has 1 amide bonds. The molecule has 0 aliphatic rings. The molecular weight excluding hydrogens is 347 g/mol. The van der Waals surface area contributed by atoms with Crippen LogP contribution < -0.4 is 10.6 Å². The zero-order chi connectivity index (χ0) is 17.7. The van der Waals surface area contributed by atoms with Crippen LogP contribution in [0.15, 0.2) is 28.8 Å². The van der Waals surface area contributed by atoms with E-state index in [4.69, 9.17) is 4.52 Å². The van der Waals surface area contributed by atoms with Gasteiger partial charge < -0.3 is 15.2 Å². The number of rotatable bonds is 7. The summed E-state index contributed by atoms with van der Waals surface area (Å²) in [6.07, 6.45) is 0.636. The average Bonchev–Trinajstić information content (AvgIpc) is 3.00. The Labute approximate surface area is 153 Å². The first-order valence-electron chi connectivity index (χ1n) is 7.97. The number of aromatic nitrogens is 2. The maximum Gasteiger partial charge on any atom is 0.251 e. The van der Waals surface area contributed by atoms with E-state index in [0.717, 1.165) is 0 Å². The molecule has 0 fully saturated rings. The fourth-order valence-electron chi connectivity index (χ4n) is 2.19. The summed E-state index contributed by atoms with van der Waals surface area (Å²) in [4.78, 5) is 16.7. The standard InChI is InChI=1S/C17H23FN4O2.ClH/c1-10(2)15(17-20-14(22-24-17)9-11(3)19-4)21-16(23)12-5-7-13(18)8-6-12;/h5-8,10-11,15,19H,9H2,1-4H3,(H,21,23);1H. The second kappa shape index (κ2) is 9.48. The van der Waals surface area contributed by atoms with Crippen molar-refractivity contribution >= 4 is 18.3 Å². The van der Waals surface area contributed by atoms with E-state index in [1.807, 2.05) is 27.8 Å². The van der Waals surface area contributed by atoms with Crippen molar-refractivity contribution in [2.75, 3.05) is 7.05 Å². The zero-order valence-electron chi connectivity index (χ0n) is 14.7. The molecule has 8 heteroatoms. The Kier molecular flexibility index (Phi) is 7.99. The van der Waals surface area contributed by atoms with Gasteiger partial charge in [-0.3, -0.25) is 4.79 Å². The van der Waals surface area contributed by atoms with Crippen molar-refractivity contribution in [3.05, 3.63) is 47.4 Å². The largest absolute Gasteiger partial charge is 0.340 e. The van der Waals surface area contributed by atoms with Gasteiger partial charge in [0.2, 0.25) is 5.89 Å². The zero-order valence-corrected chi connectivity index (χ0v) is 15.6. The van der Waals surface area contributed by atoms with Crippen molar-refractivity contribution in [3.8, 4) is 0 Å². The third-order valence-corrected chi connectivity index (χ3v) is 3.79. The van der Waals surface area contributed by atoms with Gasteiger partial charge in [0.15, 0.2) is 5.82 Å². The van der Waals surface area contributed by atoms with Crippen LogP contribution in [-0.2, 0) is 6.42 Å². The molecule has 0 saturated heterocycles. The highest BCUT2D eigenvalue weighted by atomic mass is 35.5. The normalized spacial score (nSPS) is 13.2. The molecule has 0 spiro atoms. The summed E-state index contributed by atoms with van der Waals surface area (Å²) in [7, 11) is 1.87. The van der Waals surface area contributed by atoms with Crippen LogP contribution in [-0.4, -0.2) is 29.1 Å². The summed E-state index contributed by atoms with van der Waals surface area (Å²) in [5.74, 6) is 0.334. The fraction of sp³-hybridized carbons (Fsp3) is 0.471. The minimum absolute atomic E-state index is 0. The third-order valence-electron chi connectivity index (χ3n) is 3.79. The molecule has 0 aliphatic carbocycles. The second-order valence-corrected chi connectivity index (χ2v) is 6.14. The molecule has 1 aromatic heterocycles. The van der Waals surface area contributed by atoms with E-state index in [9.17, 15) is 9.18 Å². The quantitative estimate of drug-likeness (QED) is 0.783. The summed E-state index contributed by atoms with van der Waals surface area (Å²) in [6.45, 7) is 5.93. The number of nitrogens with one attached hydrogen (secondary N) is 2. The number of likely N-dealkylation sites (N-methyl/N-ethyl adjacent to an activating group) is 1. The third kappa shape index (κ3) is 5.79. The van der Waals surface area contributed by atoms with Crippen LogP contribution in [0.3, 0.4) is 0 Å². The van der Waals surface area contributed by atoms with E-state index in [-0.39, 0.29) is 36.1 Å². The predicted octanol–water partition coefficient (Wildman–Crippen LogP) is 2.91. The molecule has 2 rings (SSSR count). The molecule has 0 bridgehead atoms. The molecule has 2 unspecified atom stereocenters. The molecule has 1 heterocycles. The van der Waals surface area contributed by atoms with E-state index in [1.54, 1.807) is 0 Å². The van der Waals surface area contributed by atoms with Crippen molar-refractivity contribution in [2.45, 2.75) is 39.3 Å². The molecule has 6 nitrogen and oxygen atoms in total. The Morgan fingerprint density at radius 3 is 2.44 bits per heavy atom. The van der Waals surface area contributed by atoms with Crippen LogP contribution in [0.25, 0.3) is 0 Å². The molecule has 138 valence electrons. The first-order chi connectivity index (χ1) is 11.4. The highest BCUT2D eigenvalue weighted by molar-refractivity contribution is 5.94. The van der Waals surface area contributed by atoms with Gasteiger partial charge in [0.1, 0.15) is 11.9 Å². The van der Waals surface area contributed by atoms with E-state index in [1.165, 1.54) is 24.3 Å². The molecule has 0 aliphatic heterocycles. The number of halogens is 2. The fourth-order valence-corrected chi connectivity index (χ4v) is 2.19. The highest BCUT2D eigenvalue weighted by Crippen LogP contribution is 2.21. The lowest BCUT2D eigenvalue weighted by atomic mass is 10.0. The van der Waals surface area contributed by atoms with Gasteiger partial charge in [-0.15, -0.1) is 12.4 Å². The number of hydrogen-bond donors (Lipinski definition) is 2. The lowest BCUT2D eigenvalue weighted by Crippen LogP contribution is -2.32. The van der Waals surface area contributed by atoms with Crippen LogP contribution >= 0.6 is 12.4 Å². The van der Waals surface area contributed by atoms with Crippen molar-refractivity contribution in [1.82, 2.24) is 20.8 Å². The first kappa shape index (κ1) is 21.1. The number of amides is 1. The van der Waals surface area contributed by atoms with Crippen LogP contribution in [0, 0.1) is 11.7 Å². The van der Waals surface area contributed by atoms with Crippen molar-refractivity contribution in [1.29, 1.82) is 0 Å². The van der Waals surface area contributed by atoms with E-state index in [2.05, 4.69) is 20.8 Å². The molecule has 1 aromatic carbocycles. The molecule has 2 N–H and O–H groups in total. The van der Waals surface area contributed by atoms with Crippen molar-refractivity contribution < 1.29 is 13.7 Å². The Bertz CT molecular complexity index is 676.